The lowest BCUT2D eigenvalue weighted by molar-refractivity contribution is 0.238. The second-order valence-corrected chi connectivity index (χ2v) is 3.74. The quantitative estimate of drug-likeness (QED) is 0.645. The van der Waals surface area contributed by atoms with Gasteiger partial charge in [-0.2, -0.15) is 0 Å². The second kappa shape index (κ2) is 4.63. The number of rotatable bonds is 3. The fourth-order valence-electron chi connectivity index (χ4n) is 1.61. The lowest BCUT2D eigenvalue weighted by atomic mass is 10.0. The molecule has 0 atom stereocenters. The largest absolute Gasteiger partial charge is 0.330 e. The van der Waals surface area contributed by atoms with Crippen molar-refractivity contribution >= 4 is 0 Å². The molecule has 2 N–H and O–H groups in total. The summed E-state index contributed by atoms with van der Waals surface area (Å²) < 4.78 is 0. The van der Waals surface area contributed by atoms with E-state index >= 15 is 0 Å². The number of hydrogen-bond acceptors (Lipinski definition) is 2. The lowest BCUT2D eigenvalue weighted by Gasteiger charge is -2.29. The zero-order valence-corrected chi connectivity index (χ0v) is 8.21. The average molecular weight is 168 g/mol. The predicted molar refractivity (Wildman–Crippen MR) is 53.1 cm³/mol. The van der Waals surface area contributed by atoms with Gasteiger partial charge in [0.1, 0.15) is 0 Å². The summed E-state index contributed by atoms with van der Waals surface area (Å²) in [5, 5.41) is 0. The zero-order valence-electron chi connectivity index (χ0n) is 8.21. The maximum Gasteiger partial charge on any atom is 0.0168 e. The molecule has 0 saturated heterocycles. The van der Waals surface area contributed by atoms with Gasteiger partial charge in [-0.15, -0.1) is 0 Å². The first-order valence-electron chi connectivity index (χ1n) is 4.86. The summed E-state index contributed by atoms with van der Waals surface area (Å²) in [6.45, 7) is 7.63. The highest BCUT2D eigenvalue weighted by Crippen LogP contribution is 2.14. The number of nitrogens with two attached hydrogens (primary N) is 1. The van der Waals surface area contributed by atoms with Crippen LogP contribution in [0.5, 0.6) is 0 Å². The Labute approximate surface area is 75.4 Å². The molecule has 0 aromatic carbocycles. The van der Waals surface area contributed by atoms with Crippen molar-refractivity contribution in [2.75, 3.05) is 19.6 Å². The molecule has 0 aliphatic carbocycles. The smallest absolute Gasteiger partial charge is 0.0168 e. The van der Waals surface area contributed by atoms with Gasteiger partial charge in [0, 0.05) is 19.1 Å². The summed E-state index contributed by atoms with van der Waals surface area (Å²) in [5.74, 6) is 0. The minimum atomic E-state index is 0.681. The maximum absolute atomic E-state index is 5.50. The molecule has 70 valence electrons. The van der Waals surface area contributed by atoms with Gasteiger partial charge >= 0.3 is 0 Å². The molecule has 0 spiro atoms. The Morgan fingerprint density at radius 3 is 2.75 bits per heavy atom. The van der Waals surface area contributed by atoms with Crippen LogP contribution in [0.25, 0.3) is 0 Å². The van der Waals surface area contributed by atoms with Crippen molar-refractivity contribution < 1.29 is 0 Å². The zero-order chi connectivity index (χ0) is 8.97. The first-order valence-corrected chi connectivity index (χ1v) is 4.86. The summed E-state index contributed by atoms with van der Waals surface area (Å²) in [6, 6.07) is 0.681. The topological polar surface area (TPSA) is 29.3 Å². The molecule has 0 radical (unpaired) electrons. The third kappa shape index (κ3) is 2.61. The van der Waals surface area contributed by atoms with E-state index in [1.807, 2.05) is 0 Å². The molecular weight excluding hydrogens is 148 g/mol. The molecule has 0 aromatic rings. The van der Waals surface area contributed by atoms with Crippen molar-refractivity contribution in [3.8, 4) is 0 Å². The predicted octanol–water partition coefficient (Wildman–Crippen LogP) is 1.38. The molecule has 0 amide bonds. The van der Waals surface area contributed by atoms with Gasteiger partial charge in [0.25, 0.3) is 0 Å². The molecule has 2 nitrogen and oxygen atoms in total. The van der Waals surface area contributed by atoms with E-state index in [-0.39, 0.29) is 0 Å². The molecule has 1 aliphatic heterocycles. The molecule has 0 saturated carbocycles. The first kappa shape index (κ1) is 9.75. The molecule has 2 heteroatoms. The van der Waals surface area contributed by atoms with E-state index in [1.54, 1.807) is 5.57 Å². The molecule has 1 aliphatic rings. The van der Waals surface area contributed by atoms with Crippen molar-refractivity contribution in [2.24, 2.45) is 5.73 Å². The van der Waals surface area contributed by atoms with Crippen LogP contribution in [-0.2, 0) is 0 Å². The van der Waals surface area contributed by atoms with Gasteiger partial charge in [0.05, 0.1) is 0 Å². The van der Waals surface area contributed by atoms with Crippen LogP contribution in [0.3, 0.4) is 0 Å². The van der Waals surface area contributed by atoms with Crippen LogP contribution in [0.2, 0.25) is 0 Å². The number of hydrogen-bond donors (Lipinski definition) is 1. The molecule has 1 rings (SSSR count). The third-order valence-corrected chi connectivity index (χ3v) is 2.53. The number of nitrogens with zero attached hydrogens (tertiary/aromatic N) is 1. The van der Waals surface area contributed by atoms with Gasteiger partial charge in [0.2, 0.25) is 0 Å². The third-order valence-electron chi connectivity index (χ3n) is 2.53. The van der Waals surface area contributed by atoms with E-state index in [4.69, 9.17) is 5.73 Å². The highest BCUT2D eigenvalue weighted by Gasteiger charge is 2.12. The lowest BCUT2D eigenvalue weighted by Crippen LogP contribution is -2.34. The van der Waals surface area contributed by atoms with Crippen LogP contribution in [0.4, 0.5) is 0 Å². The molecule has 0 aromatic heterocycles. The summed E-state index contributed by atoms with van der Waals surface area (Å²) in [4.78, 5) is 2.49. The van der Waals surface area contributed by atoms with E-state index in [2.05, 4.69) is 24.8 Å². The SMILES string of the molecule is CC(C)N1CC=C(CCN)CC1. The Morgan fingerprint density at radius 1 is 1.58 bits per heavy atom. The highest BCUT2D eigenvalue weighted by atomic mass is 15.1. The van der Waals surface area contributed by atoms with Crippen LogP contribution in [0.1, 0.15) is 26.7 Å². The van der Waals surface area contributed by atoms with Crippen molar-refractivity contribution in [2.45, 2.75) is 32.7 Å². The molecule has 1 heterocycles. The van der Waals surface area contributed by atoms with E-state index in [0.29, 0.717) is 6.04 Å². The minimum absolute atomic E-state index is 0.681. The van der Waals surface area contributed by atoms with Gasteiger partial charge in [-0.1, -0.05) is 11.6 Å². The fourth-order valence-corrected chi connectivity index (χ4v) is 1.61. The van der Waals surface area contributed by atoms with Crippen LogP contribution in [0.15, 0.2) is 11.6 Å². The molecule has 0 fully saturated rings. The van der Waals surface area contributed by atoms with Gasteiger partial charge < -0.3 is 5.73 Å². The molecule has 0 unspecified atom stereocenters. The standard InChI is InChI=1S/C10H20N2/c1-9(2)12-7-4-10(3-6-11)5-8-12/h4,9H,3,5-8,11H2,1-2H3. The molecular formula is C10H20N2. The van der Waals surface area contributed by atoms with Crippen molar-refractivity contribution in [3.63, 3.8) is 0 Å². The Bertz CT molecular complexity index is 161. The molecule has 0 bridgehead atoms. The van der Waals surface area contributed by atoms with Crippen LogP contribution >= 0.6 is 0 Å². The summed E-state index contributed by atoms with van der Waals surface area (Å²) in [7, 11) is 0. The first-order chi connectivity index (χ1) is 5.74. The van der Waals surface area contributed by atoms with E-state index < -0.39 is 0 Å². The van der Waals surface area contributed by atoms with Gasteiger partial charge in [-0.05, 0) is 33.2 Å². The summed E-state index contributed by atoms with van der Waals surface area (Å²) in [5.41, 5.74) is 7.05. The Balaban J connectivity index is 2.36. The van der Waals surface area contributed by atoms with Gasteiger partial charge in [-0.3, -0.25) is 4.90 Å². The van der Waals surface area contributed by atoms with E-state index in [1.165, 1.54) is 13.0 Å². The second-order valence-electron chi connectivity index (χ2n) is 3.74. The van der Waals surface area contributed by atoms with Crippen molar-refractivity contribution in [1.82, 2.24) is 4.90 Å². The van der Waals surface area contributed by atoms with Crippen LogP contribution in [-0.4, -0.2) is 30.6 Å². The minimum Gasteiger partial charge on any atom is -0.330 e. The van der Waals surface area contributed by atoms with Gasteiger partial charge in [0.15, 0.2) is 0 Å². The average Bonchev–Trinajstić information content (AvgIpc) is 2.06. The van der Waals surface area contributed by atoms with E-state index in [9.17, 15) is 0 Å². The molecule has 12 heavy (non-hydrogen) atoms. The van der Waals surface area contributed by atoms with Crippen LogP contribution in [0, 0.1) is 0 Å². The highest BCUT2D eigenvalue weighted by molar-refractivity contribution is 5.07. The van der Waals surface area contributed by atoms with Crippen LogP contribution < -0.4 is 5.73 Å². The maximum atomic E-state index is 5.50. The van der Waals surface area contributed by atoms with Crippen molar-refractivity contribution in [3.05, 3.63) is 11.6 Å². The fraction of sp³-hybridized carbons (Fsp3) is 0.800. The van der Waals surface area contributed by atoms with E-state index in [0.717, 1.165) is 19.5 Å². The Morgan fingerprint density at radius 2 is 2.33 bits per heavy atom. The Kier molecular flexibility index (Phi) is 3.76. The summed E-state index contributed by atoms with van der Waals surface area (Å²) in [6.07, 6.45) is 4.65. The van der Waals surface area contributed by atoms with Crippen molar-refractivity contribution in [1.29, 1.82) is 0 Å². The normalized spacial score (nSPS) is 19.8. The Hall–Kier alpha value is -0.340. The van der Waals surface area contributed by atoms with Gasteiger partial charge in [-0.25, -0.2) is 0 Å². The summed E-state index contributed by atoms with van der Waals surface area (Å²) >= 11 is 0. The monoisotopic (exact) mass is 168 g/mol.